The second-order valence-corrected chi connectivity index (χ2v) is 4.29. The lowest BCUT2D eigenvalue weighted by Gasteiger charge is -1.94. The van der Waals surface area contributed by atoms with E-state index in [4.69, 9.17) is 12.2 Å². The first-order valence-electron chi connectivity index (χ1n) is 4.05. The van der Waals surface area contributed by atoms with Crippen LogP contribution in [0, 0.1) is 6.92 Å². The highest BCUT2D eigenvalue weighted by atomic mass is 32.1. The second kappa shape index (κ2) is 3.51. The van der Waals surface area contributed by atoms with Crippen molar-refractivity contribution in [1.82, 2.24) is 10.6 Å². The van der Waals surface area contributed by atoms with Gasteiger partial charge in [0.25, 0.3) is 5.91 Å². The molecule has 3 nitrogen and oxygen atoms in total. The van der Waals surface area contributed by atoms with E-state index in [9.17, 15) is 4.79 Å². The fraction of sp³-hybridized carbons (Fsp3) is 0.111. The molecule has 0 spiro atoms. The number of nitrogens with one attached hydrogen (secondary N) is 2. The van der Waals surface area contributed by atoms with Gasteiger partial charge in [0.1, 0.15) is 5.70 Å². The van der Waals surface area contributed by atoms with Gasteiger partial charge in [-0.3, -0.25) is 10.1 Å². The van der Waals surface area contributed by atoms with Crippen LogP contribution in [0.1, 0.15) is 10.4 Å². The molecule has 1 aliphatic rings. The summed E-state index contributed by atoms with van der Waals surface area (Å²) >= 11 is 6.42. The molecule has 0 bridgehead atoms. The van der Waals surface area contributed by atoms with Gasteiger partial charge in [0.2, 0.25) is 0 Å². The minimum Gasteiger partial charge on any atom is -0.328 e. The van der Waals surface area contributed by atoms with E-state index in [2.05, 4.69) is 10.6 Å². The normalized spacial score (nSPS) is 18.5. The van der Waals surface area contributed by atoms with E-state index in [0.717, 1.165) is 10.4 Å². The number of rotatable bonds is 1. The molecule has 2 heterocycles. The van der Waals surface area contributed by atoms with Crippen LogP contribution >= 0.6 is 23.6 Å². The summed E-state index contributed by atoms with van der Waals surface area (Å²) in [5, 5.41) is 7.69. The van der Waals surface area contributed by atoms with Crippen molar-refractivity contribution in [1.29, 1.82) is 0 Å². The Bertz CT molecular complexity index is 434. The van der Waals surface area contributed by atoms with E-state index >= 15 is 0 Å². The van der Waals surface area contributed by atoms with Gasteiger partial charge in [0.05, 0.1) is 0 Å². The number of thiophene rings is 1. The summed E-state index contributed by atoms with van der Waals surface area (Å²) < 4.78 is 0. The Morgan fingerprint density at radius 3 is 2.79 bits per heavy atom. The van der Waals surface area contributed by atoms with Gasteiger partial charge < -0.3 is 5.32 Å². The lowest BCUT2D eigenvalue weighted by Crippen LogP contribution is -2.21. The zero-order valence-electron chi connectivity index (χ0n) is 7.46. The molecule has 2 rings (SSSR count). The van der Waals surface area contributed by atoms with E-state index < -0.39 is 0 Å². The number of carbonyl (C=O) groups is 1. The van der Waals surface area contributed by atoms with Crippen LogP contribution in [0.25, 0.3) is 6.08 Å². The summed E-state index contributed by atoms with van der Waals surface area (Å²) in [5.41, 5.74) is 1.68. The number of amides is 1. The van der Waals surface area contributed by atoms with Crippen LogP contribution < -0.4 is 10.6 Å². The molecule has 1 aromatic heterocycles. The van der Waals surface area contributed by atoms with Gasteiger partial charge in [0.15, 0.2) is 5.11 Å². The average Bonchev–Trinajstić information content (AvgIpc) is 2.62. The van der Waals surface area contributed by atoms with Crippen molar-refractivity contribution in [2.75, 3.05) is 0 Å². The molecule has 72 valence electrons. The molecule has 0 aromatic carbocycles. The van der Waals surface area contributed by atoms with Crippen molar-refractivity contribution in [3.8, 4) is 0 Å². The molecule has 2 N–H and O–H groups in total. The first kappa shape index (κ1) is 9.36. The monoisotopic (exact) mass is 224 g/mol. The molecule has 14 heavy (non-hydrogen) atoms. The smallest absolute Gasteiger partial charge is 0.273 e. The maximum Gasteiger partial charge on any atom is 0.273 e. The molecule has 5 heteroatoms. The summed E-state index contributed by atoms with van der Waals surface area (Å²) in [6, 6.07) is 2.02. The van der Waals surface area contributed by atoms with E-state index in [0.29, 0.717) is 10.8 Å². The molecule has 0 aliphatic carbocycles. The van der Waals surface area contributed by atoms with Crippen molar-refractivity contribution in [3.05, 3.63) is 27.6 Å². The minimum absolute atomic E-state index is 0.164. The van der Waals surface area contributed by atoms with Crippen LogP contribution in [-0.2, 0) is 4.79 Å². The maximum absolute atomic E-state index is 11.3. The molecule has 0 radical (unpaired) electrons. The van der Waals surface area contributed by atoms with E-state index in [1.807, 2.05) is 24.4 Å². The van der Waals surface area contributed by atoms with E-state index in [1.54, 1.807) is 11.3 Å². The van der Waals surface area contributed by atoms with Crippen LogP contribution in [0.3, 0.4) is 0 Å². The van der Waals surface area contributed by atoms with Crippen molar-refractivity contribution in [3.63, 3.8) is 0 Å². The summed E-state index contributed by atoms with van der Waals surface area (Å²) in [7, 11) is 0. The Labute approximate surface area is 90.8 Å². The van der Waals surface area contributed by atoms with Gasteiger partial charge in [-0.25, -0.2) is 0 Å². The fourth-order valence-corrected chi connectivity index (χ4v) is 2.21. The van der Waals surface area contributed by atoms with E-state index in [1.165, 1.54) is 0 Å². The molecule has 0 atom stereocenters. The molecule has 1 saturated heterocycles. The highest BCUT2D eigenvalue weighted by Crippen LogP contribution is 2.19. The topological polar surface area (TPSA) is 41.1 Å². The third-order valence-corrected chi connectivity index (χ3v) is 3.07. The minimum atomic E-state index is -0.164. The predicted octanol–water partition coefficient (Wildman–Crippen LogP) is 1.40. The maximum atomic E-state index is 11.3. The number of hydrogen-bond acceptors (Lipinski definition) is 3. The molecular weight excluding hydrogens is 216 g/mol. The van der Waals surface area contributed by atoms with Gasteiger partial charge in [0, 0.05) is 4.88 Å². The van der Waals surface area contributed by atoms with Gasteiger partial charge in [-0.05, 0) is 42.2 Å². The van der Waals surface area contributed by atoms with Gasteiger partial charge in [-0.15, -0.1) is 11.3 Å². The summed E-state index contributed by atoms with van der Waals surface area (Å²) in [6.07, 6.45) is 1.81. The third-order valence-electron chi connectivity index (χ3n) is 1.90. The average molecular weight is 224 g/mol. The number of aryl methyl sites for hydroxylation is 1. The Hall–Kier alpha value is -1.20. The van der Waals surface area contributed by atoms with Crippen LogP contribution in [0.5, 0.6) is 0 Å². The van der Waals surface area contributed by atoms with Gasteiger partial charge in [-0.2, -0.15) is 0 Å². The Morgan fingerprint density at radius 1 is 1.50 bits per heavy atom. The van der Waals surface area contributed by atoms with Crippen molar-refractivity contribution < 1.29 is 4.79 Å². The number of carbonyl (C=O) groups excluding carboxylic acids is 1. The predicted molar refractivity (Wildman–Crippen MR) is 60.9 cm³/mol. The molecule has 0 unspecified atom stereocenters. The van der Waals surface area contributed by atoms with Crippen LogP contribution in [0.15, 0.2) is 17.1 Å². The Kier molecular flexibility index (Phi) is 2.35. The third kappa shape index (κ3) is 1.69. The molecule has 1 fully saturated rings. The van der Waals surface area contributed by atoms with Crippen molar-refractivity contribution >= 4 is 40.7 Å². The quantitative estimate of drug-likeness (QED) is 0.559. The SMILES string of the molecule is Cc1ccsc1/C=C1/NC(=S)NC1=O. The van der Waals surface area contributed by atoms with Gasteiger partial charge in [-0.1, -0.05) is 0 Å². The number of thiocarbonyl (C=S) groups is 1. The Morgan fingerprint density at radius 2 is 2.29 bits per heavy atom. The highest BCUT2D eigenvalue weighted by molar-refractivity contribution is 7.80. The standard InChI is InChI=1S/C9H8N2OS2/c1-5-2-3-14-7(5)4-6-8(12)11-9(13)10-6/h2-4H,1H3,(H2,10,11,12,13)/b6-4+. The van der Waals surface area contributed by atoms with Crippen molar-refractivity contribution in [2.24, 2.45) is 0 Å². The van der Waals surface area contributed by atoms with E-state index in [-0.39, 0.29) is 5.91 Å². The molecule has 1 aliphatic heterocycles. The molecular formula is C9H8N2OS2. The lowest BCUT2D eigenvalue weighted by molar-refractivity contribution is -0.115. The summed E-state index contributed by atoms with van der Waals surface area (Å²) in [4.78, 5) is 12.4. The van der Waals surface area contributed by atoms with Crippen LogP contribution in [-0.4, -0.2) is 11.0 Å². The highest BCUT2D eigenvalue weighted by Gasteiger charge is 2.20. The first-order chi connectivity index (χ1) is 6.66. The first-order valence-corrected chi connectivity index (χ1v) is 5.34. The molecule has 1 aromatic rings. The zero-order chi connectivity index (χ0) is 10.1. The van der Waals surface area contributed by atoms with Crippen LogP contribution in [0.2, 0.25) is 0 Å². The largest absolute Gasteiger partial charge is 0.328 e. The lowest BCUT2D eigenvalue weighted by atomic mass is 10.2. The van der Waals surface area contributed by atoms with Gasteiger partial charge >= 0.3 is 0 Å². The van der Waals surface area contributed by atoms with Crippen LogP contribution in [0.4, 0.5) is 0 Å². The zero-order valence-corrected chi connectivity index (χ0v) is 9.09. The summed E-state index contributed by atoms with van der Waals surface area (Å²) in [6.45, 7) is 2.01. The molecule has 0 saturated carbocycles. The Balaban J connectivity index is 2.32. The second-order valence-electron chi connectivity index (χ2n) is 2.93. The summed E-state index contributed by atoms with van der Waals surface area (Å²) in [5.74, 6) is -0.164. The molecule has 1 amide bonds. The number of hydrogen-bond donors (Lipinski definition) is 2. The van der Waals surface area contributed by atoms with Crippen molar-refractivity contribution in [2.45, 2.75) is 6.92 Å². The fourth-order valence-electron chi connectivity index (χ4n) is 1.15.